The van der Waals surface area contributed by atoms with E-state index in [1.165, 1.54) is 4.68 Å². The first-order valence-corrected chi connectivity index (χ1v) is 8.76. The van der Waals surface area contributed by atoms with Crippen LogP contribution in [0.2, 0.25) is 0 Å². The van der Waals surface area contributed by atoms with Gasteiger partial charge in [-0.25, -0.2) is 4.68 Å². The molecular formula is C19H18BrN3O2. The second kappa shape index (κ2) is 7.19. The predicted octanol–water partition coefficient (Wildman–Crippen LogP) is 3.06. The Morgan fingerprint density at radius 2 is 1.80 bits per heavy atom. The number of rotatable bonds is 4. The average molecular weight is 400 g/mol. The Balaban J connectivity index is 1.84. The standard InChI is InChI=1S/C19H18BrN3O2/c1-12(11-13-7-9-14(20)10-8-13)21-18(24)17-15-5-3-4-6-16(15)19(25)23(2)22-17/h3-10,12H,11H2,1-2H3,(H,21,24). The van der Waals surface area contributed by atoms with E-state index in [2.05, 4.69) is 26.3 Å². The molecule has 0 saturated carbocycles. The Bertz CT molecular complexity index is 980. The van der Waals surface area contributed by atoms with Gasteiger partial charge >= 0.3 is 0 Å². The molecule has 6 heteroatoms. The van der Waals surface area contributed by atoms with Crippen molar-refractivity contribution < 1.29 is 4.79 Å². The van der Waals surface area contributed by atoms with Crippen molar-refractivity contribution >= 4 is 32.6 Å². The Morgan fingerprint density at radius 3 is 2.48 bits per heavy atom. The van der Waals surface area contributed by atoms with Crippen molar-refractivity contribution in [1.29, 1.82) is 0 Å². The third-order valence-corrected chi connectivity index (χ3v) is 4.53. The Morgan fingerprint density at radius 1 is 1.16 bits per heavy atom. The Labute approximate surface area is 153 Å². The molecule has 0 saturated heterocycles. The van der Waals surface area contributed by atoms with Gasteiger partial charge < -0.3 is 5.32 Å². The molecule has 3 aromatic rings. The van der Waals surface area contributed by atoms with Gasteiger partial charge in [0.05, 0.1) is 5.39 Å². The fraction of sp³-hybridized carbons (Fsp3) is 0.211. The van der Waals surface area contributed by atoms with Gasteiger partial charge in [0.1, 0.15) is 0 Å². The quantitative estimate of drug-likeness (QED) is 0.732. The summed E-state index contributed by atoms with van der Waals surface area (Å²) in [6.45, 7) is 1.95. The number of benzene rings is 2. The third kappa shape index (κ3) is 3.79. The van der Waals surface area contributed by atoms with Crippen molar-refractivity contribution in [1.82, 2.24) is 15.1 Å². The summed E-state index contributed by atoms with van der Waals surface area (Å²) < 4.78 is 2.23. The zero-order valence-electron chi connectivity index (χ0n) is 14.0. The minimum Gasteiger partial charge on any atom is -0.348 e. The van der Waals surface area contributed by atoms with Gasteiger partial charge in [-0.15, -0.1) is 0 Å². The summed E-state index contributed by atoms with van der Waals surface area (Å²) in [7, 11) is 1.55. The van der Waals surface area contributed by atoms with Crippen molar-refractivity contribution in [2.24, 2.45) is 7.05 Å². The highest BCUT2D eigenvalue weighted by Crippen LogP contribution is 2.14. The zero-order valence-corrected chi connectivity index (χ0v) is 15.6. The molecule has 0 bridgehead atoms. The molecule has 0 aliphatic rings. The van der Waals surface area contributed by atoms with E-state index in [1.54, 1.807) is 31.3 Å². The molecule has 1 N–H and O–H groups in total. The summed E-state index contributed by atoms with van der Waals surface area (Å²) in [5, 5.41) is 8.19. The number of fused-ring (bicyclic) bond motifs is 1. The molecule has 0 radical (unpaired) electrons. The van der Waals surface area contributed by atoms with Crippen LogP contribution in [0, 0.1) is 0 Å². The van der Waals surface area contributed by atoms with E-state index in [0.717, 1.165) is 10.0 Å². The van der Waals surface area contributed by atoms with Crippen molar-refractivity contribution in [3.8, 4) is 0 Å². The number of aryl methyl sites for hydroxylation is 1. The van der Waals surface area contributed by atoms with Gasteiger partial charge in [-0.3, -0.25) is 9.59 Å². The van der Waals surface area contributed by atoms with Crippen LogP contribution < -0.4 is 10.9 Å². The molecule has 0 aliphatic heterocycles. The number of amides is 1. The fourth-order valence-electron chi connectivity index (χ4n) is 2.78. The molecule has 3 rings (SSSR count). The second-order valence-corrected chi connectivity index (χ2v) is 6.94. The van der Waals surface area contributed by atoms with Gasteiger partial charge in [0.25, 0.3) is 11.5 Å². The van der Waals surface area contributed by atoms with Crippen LogP contribution in [-0.2, 0) is 13.5 Å². The number of nitrogens with one attached hydrogen (secondary N) is 1. The molecule has 1 heterocycles. The van der Waals surface area contributed by atoms with E-state index in [-0.39, 0.29) is 23.2 Å². The molecule has 1 atom stereocenters. The van der Waals surface area contributed by atoms with Crippen LogP contribution >= 0.6 is 15.9 Å². The monoisotopic (exact) mass is 399 g/mol. The summed E-state index contributed by atoms with van der Waals surface area (Å²) in [4.78, 5) is 24.8. The van der Waals surface area contributed by atoms with Crippen molar-refractivity contribution in [3.05, 3.63) is 74.6 Å². The molecule has 128 valence electrons. The molecule has 1 aromatic heterocycles. The maximum Gasteiger partial charge on any atom is 0.274 e. The van der Waals surface area contributed by atoms with E-state index >= 15 is 0 Å². The lowest BCUT2D eigenvalue weighted by molar-refractivity contribution is 0.0935. The van der Waals surface area contributed by atoms with E-state index in [9.17, 15) is 9.59 Å². The highest BCUT2D eigenvalue weighted by atomic mass is 79.9. The molecule has 0 spiro atoms. The third-order valence-electron chi connectivity index (χ3n) is 4.00. The second-order valence-electron chi connectivity index (χ2n) is 6.03. The highest BCUT2D eigenvalue weighted by Gasteiger charge is 2.17. The van der Waals surface area contributed by atoms with E-state index in [1.807, 2.05) is 31.2 Å². The van der Waals surface area contributed by atoms with Crippen LogP contribution in [0.25, 0.3) is 10.8 Å². The highest BCUT2D eigenvalue weighted by molar-refractivity contribution is 9.10. The zero-order chi connectivity index (χ0) is 18.0. The van der Waals surface area contributed by atoms with Crippen LogP contribution in [0.15, 0.2) is 57.8 Å². The first kappa shape index (κ1) is 17.4. The molecular weight excluding hydrogens is 382 g/mol. The van der Waals surface area contributed by atoms with Gasteiger partial charge in [0, 0.05) is 22.9 Å². The van der Waals surface area contributed by atoms with Gasteiger partial charge in [0.2, 0.25) is 0 Å². The first-order chi connectivity index (χ1) is 12.0. The normalized spacial score (nSPS) is 12.1. The number of carbonyl (C=O) groups is 1. The summed E-state index contributed by atoms with van der Waals surface area (Å²) >= 11 is 3.41. The van der Waals surface area contributed by atoms with Crippen LogP contribution in [-0.4, -0.2) is 21.7 Å². The summed E-state index contributed by atoms with van der Waals surface area (Å²) in [6, 6.07) is 15.0. The van der Waals surface area contributed by atoms with Gasteiger partial charge in [-0.2, -0.15) is 5.10 Å². The van der Waals surface area contributed by atoms with Crippen molar-refractivity contribution in [2.75, 3.05) is 0 Å². The maximum atomic E-state index is 12.7. The minimum absolute atomic E-state index is 0.0635. The van der Waals surface area contributed by atoms with E-state index in [0.29, 0.717) is 17.2 Å². The molecule has 1 unspecified atom stereocenters. The number of hydrogen-bond acceptors (Lipinski definition) is 3. The summed E-state index contributed by atoms with van der Waals surface area (Å²) in [6.07, 6.45) is 0.711. The summed E-state index contributed by atoms with van der Waals surface area (Å²) in [5.74, 6) is -0.281. The van der Waals surface area contributed by atoms with E-state index < -0.39 is 0 Å². The van der Waals surface area contributed by atoms with Gasteiger partial charge in [-0.05, 0) is 37.1 Å². The van der Waals surface area contributed by atoms with Gasteiger partial charge in [0.15, 0.2) is 5.69 Å². The Hall–Kier alpha value is -2.47. The molecule has 5 nitrogen and oxygen atoms in total. The number of hydrogen-bond donors (Lipinski definition) is 1. The predicted molar refractivity (Wildman–Crippen MR) is 102 cm³/mol. The average Bonchev–Trinajstić information content (AvgIpc) is 2.60. The lowest BCUT2D eigenvalue weighted by atomic mass is 10.1. The number of nitrogens with zero attached hydrogens (tertiary/aromatic N) is 2. The molecule has 2 aromatic carbocycles. The van der Waals surface area contributed by atoms with Crippen molar-refractivity contribution in [2.45, 2.75) is 19.4 Å². The van der Waals surface area contributed by atoms with Crippen LogP contribution in [0.1, 0.15) is 23.0 Å². The number of carbonyl (C=O) groups excluding carboxylic acids is 1. The van der Waals surface area contributed by atoms with Crippen LogP contribution in [0.4, 0.5) is 0 Å². The number of halogens is 1. The largest absolute Gasteiger partial charge is 0.348 e. The molecule has 1 amide bonds. The molecule has 25 heavy (non-hydrogen) atoms. The number of aromatic nitrogens is 2. The lowest BCUT2D eigenvalue weighted by Gasteiger charge is -2.15. The lowest BCUT2D eigenvalue weighted by Crippen LogP contribution is -2.36. The SMILES string of the molecule is CC(Cc1ccc(Br)cc1)NC(=O)c1nn(C)c(=O)c2ccccc12. The van der Waals surface area contributed by atoms with Crippen LogP contribution in [0.5, 0.6) is 0 Å². The van der Waals surface area contributed by atoms with Crippen LogP contribution in [0.3, 0.4) is 0 Å². The van der Waals surface area contributed by atoms with Gasteiger partial charge in [-0.1, -0.05) is 46.3 Å². The minimum atomic E-state index is -0.281. The smallest absolute Gasteiger partial charge is 0.274 e. The fourth-order valence-corrected chi connectivity index (χ4v) is 3.05. The molecule has 0 fully saturated rings. The first-order valence-electron chi connectivity index (χ1n) is 7.97. The van der Waals surface area contributed by atoms with E-state index in [4.69, 9.17) is 0 Å². The molecule has 0 aliphatic carbocycles. The van der Waals surface area contributed by atoms with Crippen molar-refractivity contribution in [3.63, 3.8) is 0 Å². The Kier molecular flexibility index (Phi) is 4.99. The summed E-state index contributed by atoms with van der Waals surface area (Å²) in [5.41, 5.74) is 1.18. The topological polar surface area (TPSA) is 64.0 Å². The maximum absolute atomic E-state index is 12.7.